The Morgan fingerprint density at radius 3 is 2.57 bits per heavy atom. The highest BCUT2D eigenvalue weighted by atomic mass is 16.5. The molecular formula is C10H11NO3. The van der Waals surface area contributed by atoms with Gasteiger partial charge < -0.3 is 14.6 Å². The molecule has 0 aliphatic heterocycles. The van der Waals surface area contributed by atoms with E-state index in [1.165, 1.54) is 20.3 Å². The molecule has 0 unspecified atom stereocenters. The topological polar surface area (TPSA) is 62.5 Å². The Kier molecular flexibility index (Phi) is 3.19. The predicted molar refractivity (Wildman–Crippen MR) is 50.5 cm³/mol. The molecule has 0 atom stereocenters. The van der Waals surface area contributed by atoms with E-state index in [9.17, 15) is 5.11 Å². The number of rotatable bonds is 3. The van der Waals surface area contributed by atoms with Crippen LogP contribution in [0.4, 0.5) is 0 Å². The van der Waals surface area contributed by atoms with Crippen molar-refractivity contribution in [3.63, 3.8) is 0 Å². The first kappa shape index (κ1) is 10.2. The maximum absolute atomic E-state index is 9.52. The molecule has 0 aliphatic rings. The minimum atomic E-state index is -0.0166. The van der Waals surface area contributed by atoms with Crippen molar-refractivity contribution >= 4 is 0 Å². The van der Waals surface area contributed by atoms with Crippen molar-refractivity contribution in [3.8, 4) is 23.3 Å². The van der Waals surface area contributed by atoms with Crippen LogP contribution in [0.1, 0.15) is 5.56 Å². The molecule has 1 aromatic carbocycles. The Balaban J connectivity index is 3.18. The normalized spacial score (nSPS) is 9.21. The number of benzene rings is 1. The summed E-state index contributed by atoms with van der Waals surface area (Å²) in [5, 5.41) is 18.0. The lowest BCUT2D eigenvalue weighted by Crippen LogP contribution is -1.93. The fraction of sp³-hybridized carbons (Fsp3) is 0.300. The van der Waals surface area contributed by atoms with E-state index < -0.39 is 0 Å². The van der Waals surface area contributed by atoms with E-state index in [2.05, 4.69) is 0 Å². The first-order chi connectivity index (χ1) is 6.72. The molecule has 0 bridgehead atoms. The molecule has 1 N–H and O–H groups in total. The van der Waals surface area contributed by atoms with Crippen LogP contribution in [0.15, 0.2) is 12.1 Å². The van der Waals surface area contributed by atoms with Crippen molar-refractivity contribution in [3.05, 3.63) is 17.7 Å². The second kappa shape index (κ2) is 4.38. The van der Waals surface area contributed by atoms with Gasteiger partial charge in [0.15, 0.2) is 11.5 Å². The van der Waals surface area contributed by atoms with Crippen LogP contribution in [0.5, 0.6) is 17.2 Å². The largest absolute Gasteiger partial charge is 0.504 e. The number of nitriles is 1. The Hall–Kier alpha value is -1.89. The van der Waals surface area contributed by atoms with Crippen molar-refractivity contribution in [1.82, 2.24) is 0 Å². The summed E-state index contributed by atoms with van der Waals surface area (Å²) in [6.07, 6.45) is 0.230. The van der Waals surface area contributed by atoms with Gasteiger partial charge in [0.25, 0.3) is 0 Å². The van der Waals surface area contributed by atoms with Gasteiger partial charge in [-0.1, -0.05) is 0 Å². The van der Waals surface area contributed by atoms with E-state index >= 15 is 0 Å². The Morgan fingerprint density at radius 2 is 2.07 bits per heavy atom. The molecule has 4 nitrogen and oxygen atoms in total. The van der Waals surface area contributed by atoms with Crippen molar-refractivity contribution in [2.45, 2.75) is 6.42 Å². The summed E-state index contributed by atoms with van der Waals surface area (Å²) in [4.78, 5) is 0. The minimum absolute atomic E-state index is 0.0166. The SMILES string of the molecule is COc1cc(CC#N)cc(O)c1OC. The van der Waals surface area contributed by atoms with Crippen molar-refractivity contribution in [2.24, 2.45) is 0 Å². The maximum atomic E-state index is 9.52. The zero-order valence-corrected chi connectivity index (χ0v) is 8.07. The smallest absolute Gasteiger partial charge is 0.203 e. The molecule has 14 heavy (non-hydrogen) atoms. The Bertz CT molecular complexity index is 368. The van der Waals surface area contributed by atoms with Gasteiger partial charge in [0.2, 0.25) is 5.75 Å². The van der Waals surface area contributed by atoms with E-state index in [1.54, 1.807) is 6.07 Å². The molecule has 0 heterocycles. The number of nitrogens with zero attached hydrogens (tertiary/aromatic N) is 1. The highest BCUT2D eigenvalue weighted by Gasteiger charge is 2.10. The van der Waals surface area contributed by atoms with Gasteiger partial charge in [0.1, 0.15) is 0 Å². The monoisotopic (exact) mass is 193 g/mol. The number of phenols is 1. The number of ether oxygens (including phenoxy) is 2. The molecule has 0 saturated carbocycles. The summed E-state index contributed by atoms with van der Waals surface area (Å²) in [6, 6.07) is 5.15. The third-order valence-electron chi connectivity index (χ3n) is 1.80. The van der Waals surface area contributed by atoms with Gasteiger partial charge in [-0.15, -0.1) is 0 Å². The Labute approximate surface area is 82.3 Å². The fourth-order valence-corrected chi connectivity index (χ4v) is 1.19. The zero-order chi connectivity index (χ0) is 10.6. The van der Waals surface area contributed by atoms with Crippen LogP contribution >= 0.6 is 0 Å². The molecule has 0 spiro atoms. The standard InChI is InChI=1S/C10H11NO3/c1-13-9-6-7(3-4-11)5-8(12)10(9)14-2/h5-6,12H,3H2,1-2H3. The molecule has 1 rings (SSSR count). The summed E-state index contributed by atoms with van der Waals surface area (Å²) >= 11 is 0. The average molecular weight is 193 g/mol. The van der Waals surface area contributed by atoms with Crippen LogP contribution in [0.2, 0.25) is 0 Å². The first-order valence-electron chi connectivity index (χ1n) is 4.03. The molecule has 0 amide bonds. The number of phenolic OH excluding ortho intramolecular Hbond substituents is 1. The molecule has 0 aliphatic carbocycles. The predicted octanol–water partition coefficient (Wildman–Crippen LogP) is 1.48. The average Bonchev–Trinajstić information content (AvgIpc) is 2.17. The molecule has 0 radical (unpaired) electrons. The summed E-state index contributed by atoms with van der Waals surface area (Å²) in [5.74, 6) is 0.698. The molecule has 0 fully saturated rings. The van der Waals surface area contributed by atoms with E-state index in [1.807, 2.05) is 6.07 Å². The molecule has 4 heteroatoms. The fourth-order valence-electron chi connectivity index (χ4n) is 1.19. The van der Waals surface area contributed by atoms with E-state index in [0.29, 0.717) is 11.3 Å². The van der Waals surface area contributed by atoms with Crippen molar-refractivity contribution < 1.29 is 14.6 Å². The summed E-state index contributed by atoms with van der Waals surface area (Å²) in [5.41, 5.74) is 0.697. The van der Waals surface area contributed by atoms with Gasteiger partial charge in [0.05, 0.1) is 26.7 Å². The van der Waals surface area contributed by atoms with Gasteiger partial charge in [-0.25, -0.2) is 0 Å². The van der Waals surface area contributed by atoms with Gasteiger partial charge in [-0.3, -0.25) is 0 Å². The summed E-state index contributed by atoms with van der Waals surface area (Å²) in [6.45, 7) is 0. The van der Waals surface area contributed by atoms with Crippen LogP contribution < -0.4 is 9.47 Å². The van der Waals surface area contributed by atoms with E-state index in [4.69, 9.17) is 14.7 Å². The van der Waals surface area contributed by atoms with Crippen LogP contribution in [0.25, 0.3) is 0 Å². The highest BCUT2D eigenvalue weighted by molar-refractivity contribution is 5.53. The minimum Gasteiger partial charge on any atom is -0.504 e. The van der Waals surface area contributed by atoms with Gasteiger partial charge in [-0.2, -0.15) is 5.26 Å². The van der Waals surface area contributed by atoms with Crippen LogP contribution in [-0.4, -0.2) is 19.3 Å². The van der Waals surface area contributed by atoms with Gasteiger partial charge in [0, 0.05) is 0 Å². The van der Waals surface area contributed by atoms with Crippen LogP contribution in [0.3, 0.4) is 0 Å². The second-order valence-corrected chi connectivity index (χ2v) is 2.69. The van der Waals surface area contributed by atoms with E-state index in [-0.39, 0.29) is 17.9 Å². The lowest BCUT2D eigenvalue weighted by atomic mass is 10.1. The number of methoxy groups -OCH3 is 2. The third kappa shape index (κ3) is 1.88. The quantitative estimate of drug-likeness (QED) is 0.789. The maximum Gasteiger partial charge on any atom is 0.203 e. The molecular weight excluding hydrogens is 182 g/mol. The van der Waals surface area contributed by atoms with Crippen LogP contribution in [0, 0.1) is 11.3 Å². The molecule has 1 aromatic rings. The van der Waals surface area contributed by atoms with Gasteiger partial charge in [-0.05, 0) is 17.7 Å². The number of hydrogen-bond donors (Lipinski definition) is 1. The third-order valence-corrected chi connectivity index (χ3v) is 1.80. The zero-order valence-electron chi connectivity index (χ0n) is 8.07. The number of hydrogen-bond acceptors (Lipinski definition) is 4. The van der Waals surface area contributed by atoms with E-state index in [0.717, 1.165) is 0 Å². The van der Waals surface area contributed by atoms with Crippen molar-refractivity contribution in [1.29, 1.82) is 5.26 Å². The van der Waals surface area contributed by atoms with Crippen LogP contribution in [-0.2, 0) is 6.42 Å². The first-order valence-corrected chi connectivity index (χ1v) is 4.03. The highest BCUT2D eigenvalue weighted by Crippen LogP contribution is 2.37. The summed E-state index contributed by atoms with van der Waals surface area (Å²) < 4.78 is 9.95. The Morgan fingerprint density at radius 1 is 1.36 bits per heavy atom. The molecule has 74 valence electrons. The lowest BCUT2D eigenvalue weighted by Gasteiger charge is -2.10. The number of aromatic hydroxyl groups is 1. The lowest BCUT2D eigenvalue weighted by molar-refractivity contribution is 0.332. The van der Waals surface area contributed by atoms with Crippen molar-refractivity contribution in [2.75, 3.05) is 14.2 Å². The summed E-state index contributed by atoms with van der Waals surface area (Å²) in [7, 11) is 2.93. The van der Waals surface area contributed by atoms with Gasteiger partial charge >= 0.3 is 0 Å². The molecule has 0 saturated heterocycles. The molecule has 0 aromatic heterocycles. The second-order valence-electron chi connectivity index (χ2n) is 2.69.